The number of nitrogen functional groups attached to an aromatic ring is 1. The lowest BCUT2D eigenvalue weighted by atomic mass is 9.89. The molecule has 0 aliphatic rings. The molecular formula is C18H25N3O4S. The van der Waals surface area contributed by atoms with Gasteiger partial charge in [0.05, 0.1) is 6.10 Å². The van der Waals surface area contributed by atoms with E-state index in [9.17, 15) is 9.59 Å². The van der Waals surface area contributed by atoms with E-state index in [-0.39, 0.29) is 17.9 Å². The average Bonchev–Trinajstić information content (AvgIpc) is 3.11. The third-order valence-corrected chi connectivity index (χ3v) is 4.32. The van der Waals surface area contributed by atoms with Gasteiger partial charge in [0.15, 0.2) is 22.6 Å². The number of anilines is 2. The van der Waals surface area contributed by atoms with Crippen LogP contribution in [0.3, 0.4) is 0 Å². The quantitative estimate of drug-likeness (QED) is 0.577. The molecule has 3 N–H and O–H groups in total. The van der Waals surface area contributed by atoms with Crippen LogP contribution in [0.4, 0.5) is 11.0 Å². The van der Waals surface area contributed by atoms with E-state index in [1.165, 1.54) is 0 Å². The number of carbonyl (C=O) groups excluding carboxylic acids is 2. The van der Waals surface area contributed by atoms with Crippen LogP contribution in [0, 0.1) is 5.41 Å². The van der Waals surface area contributed by atoms with Crippen LogP contribution in [0.5, 0.6) is 0 Å². The van der Waals surface area contributed by atoms with Crippen LogP contribution >= 0.6 is 11.3 Å². The number of nitrogens with zero attached hydrogens (tertiary/aromatic N) is 1. The number of ketones is 1. The fraction of sp³-hybridized carbons (Fsp3) is 0.500. The highest BCUT2D eigenvalue weighted by Gasteiger charge is 2.30. The van der Waals surface area contributed by atoms with E-state index in [4.69, 9.17) is 14.9 Å². The maximum absolute atomic E-state index is 12.6. The smallest absolute Gasteiger partial charge is 0.328 e. The number of rotatable bonds is 6. The molecule has 0 amide bonds. The number of thiazole rings is 1. The van der Waals surface area contributed by atoms with Gasteiger partial charge in [0, 0.05) is 11.5 Å². The molecule has 2 rings (SSSR count). The van der Waals surface area contributed by atoms with Gasteiger partial charge in [0.25, 0.3) is 0 Å². The minimum Gasteiger partial charge on any atom is -0.461 e. The largest absolute Gasteiger partial charge is 0.461 e. The summed E-state index contributed by atoms with van der Waals surface area (Å²) >= 11 is 1.14. The van der Waals surface area contributed by atoms with Crippen molar-refractivity contribution in [1.29, 1.82) is 0 Å². The lowest BCUT2D eigenvalue weighted by Crippen LogP contribution is -2.29. The monoisotopic (exact) mass is 379 g/mol. The fourth-order valence-corrected chi connectivity index (χ4v) is 3.14. The molecule has 0 aromatic carbocycles. The van der Waals surface area contributed by atoms with Gasteiger partial charge in [-0.15, -0.1) is 0 Å². The zero-order valence-electron chi connectivity index (χ0n) is 15.9. The molecule has 0 radical (unpaired) electrons. The molecule has 0 unspecified atom stereocenters. The highest BCUT2D eigenvalue weighted by molar-refractivity contribution is 7.17. The molecule has 7 nitrogen and oxygen atoms in total. The summed E-state index contributed by atoms with van der Waals surface area (Å²) in [5.74, 6) is 0.368. The number of esters is 1. The van der Waals surface area contributed by atoms with Crippen LogP contribution in [0.2, 0.25) is 0 Å². The number of carbonyl (C=O) groups is 2. The fourth-order valence-electron chi connectivity index (χ4n) is 2.15. The third-order valence-electron chi connectivity index (χ3n) is 3.43. The predicted molar refractivity (Wildman–Crippen MR) is 102 cm³/mol. The minimum atomic E-state index is -0.576. The summed E-state index contributed by atoms with van der Waals surface area (Å²) in [6.07, 6.45) is -0.192. The Morgan fingerprint density at radius 2 is 1.92 bits per heavy atom. The second kappa shape index (κ2) is 7.49. The summed E-state index contributed by atoms with van der Waals surface area (Å²) < 4.78 is 10.9. The van der Waals surface area contributed by atoms with Gasteiger partial charge in [0.2, 0.25) is 0 Å². The van der Waals surface area contributed by atoms with Crippen LogP contribution in [0.15, 0.2) is 16.5 Å². The number of aromatic nitrogens is 1. The summed E-state index contributed by atoms with van der Waals surface area (Å²) in [5, 5.41) is 3.24. The van der Waals surface area contributed by atoms with E-state index in [0.29, 0.717) is 27.3 Å². The van der Waals surface area contributed by atoms with Crippen molar-refractivity contribution in [2.24, 2.45) is 5.41 Å². The van der Waals surface area contributed by atoms with Crippen LogP contribution in [-0.4, -0.2) is 28.9 Å². The summed E-state index contributed by atoms with van der Waals surface area (Å²) in [6.45, 7) is 10.8. The molecule has 2 aromatic heterocycles. The number of ether oxygens (including phenoxy) is 1. The molecule has 1 atom stereocenters. The van der Waals surface area contributed by atoms with Gasteiger partial charge in [-0.2, -0.15) is 0 Å². The molecule has 142 valence electrons. The normalized spacial score (nSPS) is 12.9. The van der Waals surface area contributed by atoms with E-state index in [2.05, 4.69) is 10.3 Å². The van der Waals surface area contributed by atoms with Gasteiger partial charge < -0.3 is 20.2 Å². The maximum atomic E-state index is 12.6. The van der Waals surface area contributed by atoms with E-state index in [1.54, 1.807) is 32.9 Å². The van der Waals surface area contributed by atoms with Crippen molar-refractivity contribution in [3.8, 4) is 11.5 Å². The van der Waals surface area contributed by atoms with Crippen molar-refractivity contribution >= 4 is 34.1 Å². The molecule has 26 heavy (non-hydrogen) atoms. The Kier molecular flexibility index (Phi) is 5.75. The molecular weight excluding hydrogens is 354 g/mol. The Hall–Kier alpha value is -2.35. The summed E-state index contributed by atoms with van der Waals surface area (Å²) in [5.41, 5.74) is 5.66. The van der Waals surface area contributed by atoms with Gasteiger partial charge in [-0.3, -0.25) is 4.79 Å². The van der Waals surface area contributed by atoms with E-state index >= 15 is 0 Å². The average molecular weight is 379 g/mol. The third kappa shape index (κ3) is 4.63. The molecule has 2 heterocycles. The van der Waals surface area contributed by atoms with Gasteiger partial charge in [-0.25, -0.2) is 9.78 Å². The number of hydrogen-bond donors (Lipinski definition) is 2. The summed E-state index contributed by atoms with van der Waals surface area (Å²) in [6, 6.07) is 2.79. The predicted octanol–water partition coefficient (Wildman–Crippen LogP) is 3.97. The van der Waals surface area contributed by atoms with Crippen molar-refractivity contribution in [2.45, 2.75) is 53.7 Å². The number of hydrogen-bond acceptors (Lipinski definition) is 8. The second-order valence-electron chi connectivity index (χ2n) is 7.32. The highest BCUT2D eigenvalue weighted by Crippen LogP contribution is 2.36. The van der Waals surface area contributed by atoms with E-state index < -0.39 is 11.5 Å². The van der Waals surface area contributed by atoms with Crippen LogP contribution in [-0.2, 0) is 9.53 Å². The molecule has 0 bridgehead atoms. The van der Waals surface area contributed by atoms with Crippen LogP contribution < -0.4 is 11.1 Å². The maximum Gasteiger partial charge on any atom is 0.328 e. The van der Waals surface area contributed by atoms with Gasteiger partial charge >= 0.3 is 5.97 Å². The van der Waals surface area contributed by atoms with Crippen molar-refractivity contribution in [1.82, 2.24) is 4.98 Å². The first-order chi connectivity index (χ1) is 12.0. The van der Waals surface area contributed by atoms with Crippen LogP contribution in [0.25, 0.3) is 11.5 Å². The highest BCUT2D eigenvalue weighted by atomic mass is 32.1. The number of Topliss-reactive ketones (excluding diaryl/α,β-unsaturated/α-hetero) is 1. The van der Waals surface area contributed by atoms with Crippen molar-refractivity contribution in [2.75, 3.05) is 11.1 Å². The van der Waals surface area contributed by atoms with Crippen molar-refractivity contribution in [3.63, 3.8) is 0 Å². The number of nitrogens with two attached hydrogens (primary N) is 1. The van der Waals surface area contributed by atoms with Crippen molar-refractivity contribution < 1.29 is 18.7 Å². The van der Waals surface area contributed by atoms with Gasteiger partial charge in [0.1, 0.15) is 16.6 Å². The van der Waals surface area contributed by atoms with Gasteiger partial charge in [-0.1, -0.05) is 32.1 Å². The van der Waals surface area contributed by atoms with E-state index in [1.807, 2.05) is 20.8 Å². The Morgan fingerprint density at radius 3 is 2.50 bits per heavy atom. The standard InChI is InChI=1S/C18H25N3O4S/c1-9(2)24-16(23)10(3)20-12-8-7-11(25-12)13-14(26-17(19)21-13)15(22)18(4,5)6/h7-10,20H,1-6H3,(H2,19,21)/t10-/m0/s1. The van der Waals surface area contributed by atoms with E-state index in [0.717, 1.165) is 11.3 Å². The Balaban J connectivity index is 2.23. The first-order valence-electron chi connectivity index (χ1n) is 8.37. The molecule has 0 spiro atoms. The van der Waals surface area contributed by atoms with Crippen LogP contribution in [0.1, 0.15) is 51.2 Å². The molecule has 0 saturated carbocycles. The molecule has 0 aliphatic heterocycles. The van der Waals surface area contributed by atoms with Crippen molar-refractivity contribution in [3.05, 3.63) is 17.0 Å². The molecule has 0 aliphatic carbocycles. The lowest BCUT2D eigenvalue weighted by molar-refractivity contribution is -0.147. The SMILES string of the molecule is CC(C)OC(=O)[C@H](C)Nc1ccc(-c2nc(N)sc2C(=O)C(C)(C)C)o1. The zero-order chi connectivity index (χ0) is 19.6. The minimum absolute atomic E-state index is 0.0542. The summed E-state index contributed by atoms with van der Waals surface area (Å²) in [4.78, 5) is 29.2. The Morgan fingerprint density at radius 1 is 1.27 bits per heavy atom. The molecule has 2 aromatic rings. The number of furan rings is 1. The number of nitrogens with one attached hydrogen (secondary N) is 1. The van der Waals surface area contributed by atoms with Gasteiger partial charge in [-0.05, 0) is 26.8 Å². The Labute approximate surface area is 156 Å². The second-order valence-corrected chi connectivity index (χ2v) is 8.36. The first-order valence-corrected chi connectivity index (χ1v) is 9.19. The molecule has 8 heteroatoms. The topological polar surface area (TPSA) is 107 Å². The Bertz CT molecular complexity index is 802. The lowest BCUT2D eigenvalue weighted by Gasteiger charge is -2.15. The summed E-state index contributed by atoms with van der Waals surface area (Å²) in [7, 11) is 0. The zero-order valence-corrected chi connectivity index (χ0v) is 16.7. The molecule has 0 fully saturated rings. The first kappa shape index (κ1) is 20.0. The molecule has 0 saturated heterocycles.